The summed E-state index contributed by atoms with van der Waals surface area (Å²) in [5.74, 6) is 0.888. The van der Waals surface area contributed by atoms with Crippen LogP contribution in [0.25, 0.3) is 11.5 Å². The summed E-state index contributed by atoms with van der Waals surface area (Å²) in [6.07, 6.45) is 0.747. The van der Waals surface area contributed by atoms with Crippen LogP contribution < -0.4 is 5.32 Å². The van der Waals surface area contributed by atoms with E-state index in [-0.39, 0.29) is 5.91 Å². The highest BCUT2D eigenvalue weighted by Crippen LogP contribution is 2.18. The maximum atomic E-state index is 11.5. The molecule has 1 aromatic heterocycles. The molecule has 0 spiro atoms. The summed E-state index contributed by atoms with van der Waals surface area (Å²) in [6, 6.07) is 7.85. The number of benzene rings is 1. The fourth-order valence-corrected chi connectivity index (χ4v) is 1.77. The van der Waals surface area contributed by atoms with Crippen LogP contribution in [0.3, 0.4) is 0 Å². The van der Waals surface area contributed by atoms with Gasteiger partial charge in [-0.2, -0.15) is 0 Å². The molecule has 0 radical (unpaired) electrons. The van der Waals surface area contributed by atoms with Crippen LogP contribution in [0.4, 0.5) is 0 Å². The zero-order chi connectivity index (χ0) is 15.1. The van der Waals surface area contributed by atoms with Crippen molar-refractivity contribution in [2.45, 2.75) is 19.8 Å². The largest absolute Gasteiger partial charge is 0.421 e. The molecule has 2 rings (SSSR count). The summed E-state index contributed by atoms with van der Waals surface area (Å²) >= 11 is 0. The highest BCUT2D eigenvalue weighted by Gasteiger charge is 2.10. The predicted octanol–water partition coefficient (Wildman–Crippen LogP) is 1.74. The second kappa shape index (κ2) is 7.54. The minimum atomic E-state index is -0.0536. The Morgan fingerprint density at radius 3 is 2.76 bits per heavy atom. The molecule has 0 saturated carbocycles. The highest BCUT2D eigenvalue weighted by molar-refractivity contribution is 5.75. The summed E-state index contributed by atoms with van der Waals surface area (Å²) in [7, 11) is 1.59. The molecule has 6 heteroatoms. The highest BCUT2D eigenvalue weighted by atomic mass is 16.5. The number of carbonyl (C=O) groups excluding carboxylic acids is 1. The van der Waals surface area contributed by atoms with E-state index in [4.69, 9.17) is 9.15 Å². The number of carbonyl (C=O) groups is 1. The third-order valence-corrected chi connectivity index (χ3v) is 2.96. The molecule has 1 aromatic carbocycles. The van der Waals surface area contributed by atoms with Gasteiger partial charge in [-0.1, -0.05) is 17.7 Å². The Hall–Kier alpha value is -2.21. The SMILES string of the molecule is COCCNC(=O)CCc1nnc(-c2ccc(C)cc2)o1. The number of aryl methyl sites for hydroxylation is 2. The van der Waals surface area contributed by atoms with Crippen LogP contribution in [0.1, 0.15) is 17.9 Å². The van der Waals surface area contributed by atoms with Crippen molar-refractivity contribution in [1.29, 1.82) is 0 Å². The first kappa shape index (κ1) is 15.2. The number of methoxy groups -OCH3 is 1. The molecular formula is C15H19N3O3. The lowest BCUT2D eigenvalue weighted by Gasteiger charge is -2.02. The zero-order valence-corrected chi connectivity index (χ0v) is 12.3. The van der Waals surface area contributed by atoms with Gasteiger partial charge in [0, 0.05) is 32.1 Å². The Balaban J connectivity index is 1.86. The average Bonchev–Trinajstić information content (AvgIpc) is 2.95. The number of amides is 1. The molecule has 0 aliphatic carbocycles. The van der Waals surface area contributed by atoms with Crippen molar-refractivity contribution in [1.82, 2.24) is 15.5 Å². The summed E-state index contributed by atoms with van der Waals surface area (Å²) in [4.78, 5) is 11.5. The Labute approximate surface area is 123 Å². The quantitative estimate of drug-likeness (QED) is 0.786. The molecule has 0 bridgehead atoms. The minimum absolute atomic E-state index is 0.0536. The van der Waals surface area contributed by atoms with Crippen molar-refractivity contribution < 1.29 is 13.9 Å². The Morgan fingerprint density at radius 1 is 1.29 bits per heavy atom. The van der Waals surface area contributed by atoms with Gasteiger partial charge in [-0.05, 0) is 19.1 Å². The molecule has 0 unspecified atom stereocenters. The first-order chi connectivity index (χ1) is 10.2. The van der Waals surface area contributed by atoms with Crippen molar-refractivity contribution in [3.8, 4) is 11.5 Å². The number of hydrogen-bond acceptors (Lipinski definition) is 5. The van der Waals surface area contributed by atoms with E-state index < -0.39 is 0 Å². The number of nitrogens with zero attached hydrogens (tertiary/aromatic N) is 2. The number of hydrogen-bond donors (Lipinski definition) is 1. The molecule has 0 fully saturated rings. The summed E-state index contributed by atoms with van der Waals surface area (Å²) in [5.41, 5.74) is 2.05. The fraction of sp³-hybridized carbons (Fsp3) is 0.400. The molecule has 112 valence electrons. The van der Waals surface area contributed by atoms with Crippen LogP contribution in [0, 0.1) is 6.92 Å². The lowest BCUT2D eigenvalue weighted by molar-refractivity contribution is -0.121. The third-order valence-electron chi connectivity index (χ3n) is 2.96. The molecule has 21 heavy (non-hydrogen) atoms. The lowest BCUT2D eigenvalue weighted by atomic mass is 10.1. The number of rotatable bonds is 7. The summed E-state index contributed by atoms with van der Waals surface area (Å²) < 4.78 is 10.4. The van der Waals surface area contributed by atoms with Gasteiger partial charge in [-0.3, -0.25) is 4.79 Å². The van der Waals surface area contributed by atoms with Crippen LogP contribution >= 0.6 is 0 Å². The number of nitrogens with one attached hydrogen (secondary N) is 1. The zero-order valence-electron chi connectivity index (χ0n) is 12.3. The van der Waals surface area contributed by atoms with Crippen molar-refractivity contribution >= 4 is 5.91 Å². The predicted molar refractivity (Wildman–Crippen MR) is 77.7 cm³/mol. The van der Waals surface area contributed by atoms with E-state index >= 15 is 0 Å². The minimum Gasteiger partial charge on any atom is -0.421 e. The molecule has 1 amide bonds. The van der Waals surface area contributed by atoms with E-state index in [1.54, 1.807) is 7.11 Å². The molecule has 1 N–H and O–H groups in total. The van der Waals surface area contributed by atoms with Crippen LogP contribution in [0.2, 0.25) is 0 Å². The second-order valence-electron chi connectivity index (χ2n) is 4.71. The third kappa shape index (κ3) is 4.68. The fourth-order valence-electron chi connectivity index (χ4n) is 1.77. The normalized spacial score (nSPS) is 10.6. The van der Waals surface area contributed by atoms with Gasteiger partial charge in [-0.15, -0.1) is 10.2 Å². The molecule has 0 atom stereocenters. The number of aromatic nitrogens is 2. The van der Waals surface area contributed by atoms with Crippen molar-refractivity contribution in [3.05, 3.63) is 35.7 Å². The monoisotopic (exact) mass is 289 g/mol. The lowest BCUT2D eigenvalue weighted by Crippen LogP contribution is -2.27. The van der Waals surface area contributed by atoms with E-state index in [0.29, 0.717) is 37.8 Å². The molecule has 2 aromatic rings. The van der Waals surface area contributed by atoms with Gasteiger partial charge in [0.2, 0.25) is 17.7 Å². The standard InChI is InChI=1S/C15H19N3O3/c1-11-3-5-12(6-4-11)15-18-17-14(21-15)8-7-13(19)16-9-10-20-2/h3-6H,7-10H2,1-2H3,(H,16,19). The Bertz CT molecular complexity index is 578. The summed E-state index contributed by atoms with van der Waals surface area (Å²) in [6.45, 7) is 3.03. The van der Waals surface area contributed by atoms with Crippen LogP contribution in [-0.4, -0.2) is 36.4 Å². The van der Waals surface area contributed by atoms with Gasteiger partial charge in [0.15, 0.2) is 0 Å². The molecule has 0 aliphatic rings. The van der Waals surface area contributed by atoms with Gasteiger partial charge in [0.25, 0.3) is 0 Å². The maximum absolute atomic E-state index is 11.5. The molecule has 6 nitrogen and oxygen atoms in total. The van der Waals surface area contributed by atoms with Gasteiger partial charge in [0.05, 0.1) is 6.61 Å². The first-order valence-corrected chi connectivity index (χ1v) is 6.84. The molecule has 1 heterocycles. The van der Waals surface area contributed by atoms with Gasteiger partial charge >= 0.3 is 0 Å². The smallest absolute Gasteiger partial charge is 0.247 e. The van der Waals surface area contributed by atoms with Crippen LogP contribution in [0.5, 0.6) is 0 Å². The van der Waals surface area contributed by atoms with Gasteiger partial charge in [-0.25, -0.2) is 0 Å². The van der Waals surface area contributed by atoms with E-state index in [9.17, 15) is 4.79 Å². The van der Waals surface area contributed by atoms with Crippen molar-refractivity contribution in [3.63, 3.8) is 0 Å². The summed E-state index contributed by atoms with van der Waals surface area (Å²) in [5, 5.41) is 10.7. The average molecular weight is 289 g/mol. The van der Waals surface area contributed by atoms with Gasteiger partial charge in [0.1, 0.15) is 0 Å². The van der Waals surface area contributed by atoms with Crippen molar-refractivity contribution in [2.24, 2.45) is 0 Å². The Kier molecular flexibility index (Phi) is 5.45. The topological polar surface area (TPSA) is 77.2 Å². The number of ether oxygens (including phenoxy) is 1. The molecule has 0 aliphatic heterocycles. The first-order valence-electron chi connectivity index (χ1n) is 6.84. The van der Waals surface area contributed by atoms with Gasteiger partial charge < -0.3 is 14.5 Å². The van der Waals surface area contributed by atoms with Crippen molar-refractivity contribution in [2.75, 3.05) is 20.3 Å². The molecular weight excluding hydrogens is 270 g/mol. The second-order valence-corrected chi connectivity index (χ2v) is 4.71. The maximum Gasteiger partial charge on any atom is 0.247 e. The molecule has 0 saturated heterocycles. The van der Waals surface area contributed by atoms with Crippen LogP contribution in [-0.2, 0) is 16.0 Å². The van der Waals surface area contributed by atoms with E-state index in [0.717, 1.165) is 5.56 Å². The van der Waals surface area contributed by atoms with E-state index in [2.05, 4.69) is 15.5 Å². The van der Waals surface area contributed by atoms with E-state index in [1.807, 2.05) is 31.2 Å². The van der Waals surface area contributed by atoms with Crippen LogP contribution in [0.15, 0.2) is 28.7 Å². The van der Waals surface area contributed by atoms with E-state index in [1.165, 1.54) is 5.56 Å². The Morgan fingerprint density at radius 2 is 2.05 bits per heavy atom.